The first-order valence-corrected chi connectivity index (χ1v) is 7.93. The van der Waals surface area contributed by atoms with Gasteiger partial charge in [0, 0.05) is 16.5 Å². The molecule has 4 heteroatoms. The molecule has 2 heterocycles. The maximum absolute atomic E-state index is 5.87. The van der Waals surface area contributed by atoms with Gasteiger partial charge < -0.3 is 4.74 Å². The summed E-state index contributed by atoms with van der Waals surface area (Å²) in [5.74, 6) is 0. The van der Waals surface area contributed by atoms with Gasteiger partial charge in [0.2, 0.25) is 0 Å². The molecule has 1 unspecified atom stereocenters. The summed E-state index contributed by atoms with van der Waals surface area (Å²) < 4.78 is 9.21. The molecule has 2 aliphatic rings. The molecule has 1 aliphatic carbocycles. The van der Waals surface area contributed by atoms with Crippen LogP contribution in [0.15, 0.2) is 16.7 Å². The van der Waals surface area contributed by atoms with Crippen LogP contribution >= 0.6 is 15.9 Å². The Morgan fingerprint density at radius 3 is 3.05 bits per heavy atom. The number of hydrogen-bond acceptors (Lipinski definition) is 2. The summed E-state index contributed by atoms with van der Waals surface area (Å²) in [5.41, 5.74) is 4.19. The van der Waals surface area contributed by atoms with Crippen LogP contribution < -0.4 is 0 Å². The zero-order chi connectivity index (χ0) is 12.8. The quantitative estimate of drug-likeness (QED) is 0.794. The molecule has 4 rings (SSSR count). The van der Waals surface area contributed by atoms with Crippen LogP contribution in [0.25, 0.3) is 10.9 Å². The minimum atomic E-state index is 0.123. The van der Waals surface area contributed by atoms with E-state index < -0.39 is 0 Å². The summed E-state index contributed by atoms with van der Waals surface area (Å²) in [6.07, 6.45) is 9.25. The van der Waals surface area contributed by atoms with Crippen LogP contribution in [0.3, 0.4) is 0 Å². The van der Waals surface area contributed by atoms with Crippen molar-refractivity contribution in [2.24, 2.45) is 0 Å². The van der Waals surface area contributed by atoms with E-state index in [0.29, 0.717) is 0 Å². The van der Waals surface area contributed by atoms with E-state index in [4.69, 9.17) is 4.74 Å². The lowest BCUT2D eigenvalue weighted by atomic mass is 10.1. The second-order valence-electron chi connectivity index (χ2n) is 5.52. The van der Waals surface area contributed by atoms with Gasteiger partial charge in [-0.25, -0.2) is 4.68 Å². The van der Waals surface area contributed by atoms with Gasteiger partial charge in [0.25, 0.3) is 0 Å². The number of nitrogens with zero attached hydrogens (tertiary/aromatic N) is 2. The maximum Gasteiger partial charge on any atom is 0.150 e. The molecule has 1 aromatic heterocycles. The van der Waals surface area contributed by atoms with Crippen LogP contribution in [0.5, 0.6) is 0 Å². The summed E-state index contributed by atoms with van der Waals surface area (Å²) in [7, 11) is 0. The lowest BCUT2D eigenvalue weighted by molar-refractivity contribution is -0.0366. The predicted molar refractivity (Wildman–Crippen MR) is 78.3 cm³/mol. The Labute approximate surface area is 121 Å². The van der Waals surface area contributed by atoms with E-state index >= 15 is 0 Å². The molecule has 0 N–H and O–H groups in total. The van der Waals surface area contributed by atoms with Crippen molar-refractivity contribution in [3.63, 3.8) is 0 Å². The lowest BCUT2D eigenvalue weighted by Gasteiger charge is -2.23. The van der Waals surface area contributed by atoms with Crippen molar-refractivity contribution in [1.29, 1.82) is 0 Å². The van der Waals surface area contributed by atoms with E-state index in [-0.39, 0.29) is 6.23 Å². The van der Waals surface area contributed by atoms with Crippen LogP contribution in [-0.2, 0) is 17.6 Å². The molecular weight excluding hydrogens is 304 g/mol. The fraction of sp³-hybridized carbons (Fsp3) is 0.533. The lowest BCUT2D eigenvalue weighted by Crippen LogP contribution is -2.19. The molecule has 3 nitrogen and oxygen atoms in total. The molecular formula is C15H17BrN2O. The second kappa shape index (κ2) is 4.60. The van der Waals surface area contributed by atoms with Gasteiger partial charge in [-0.05, 0) is 71.6 Å². The molecule has 1 aromatic carbocycles. The number of aromatic nitrogens is 2. The Balaban J connectivity index is 1.86. The van der Waals surface area contributed by atoms with Gasteiger partial charge in [-0.3, -0.25) is 0 Å². The largest absolute Gasteiger partial charge is 0.356 e. The number of halogens is 1. The molecule has 1 atom stereocenters. The van der Waals surface area contributed by atoms with Crippen LogP contribution in [0, 0.1) is 0 Å². The Morgan fingerprint density at radius 2 is 2.21 bits per heavy atom. The predicted octanol–water partition coefficient (Wildman–Crippen LogP) is 3.99. The molecule has 1 saturated heterocycles. The zero-order valence-corrected chi connectivity index (χ0v) is 12.4. The molecule has 100 valence electrons. The smallest absolute Gasteiger partial charge is 0.150 e. The van der Waals surface area contributed by atoms with Gasteiger partial charge >= 0.3 is 0 Å². The fourth-order valence-electron chi connectivity index (χ4n) is 3.34. The van der Waals surface area contributed by atoms with Crippen LogP contribution in [0.4, 0.5) is 0 Å². The average molecular weight is 321 g/mol. The van der Waals surface area contributed by atoms with Crippen molar-refractivity contribution in [3.05, 3.63) is 27.9 Å². The van der Waals surface area contributed by atoms with E-state index in [1.807, 2.05) is 6.20 Å². The zero-order valence-electron chi connectivity index (χ0n) is 10.9. The number of fused-ring (bicyclic) bond motifs is 2. The van der Waals surface area contributed by atoms with Crippen molar-refractivity contribution in [2.75, 3.05) is 6.61 Å². The molecule has 19 heavy (non-hydrogen) atoms. The van der Waals surface area contributed by atoms with Gasteiger partial charge in [-0.1, -0.05) is 0 Å². The number of rotatable bonds is 1. The monoisotopic (exact) mass is 320 g/mol. The first-order chi connectivity index (χ1) is 9.34. The topological polar surface area (TPSA) is 27.1 Å². The molecule has 1 fully saturated rings. The highest BCUT2D eigenvalue weighted by molar-refractivity contribution is 9.10. The van der Waals surface area contributed by atoms with Gasteiger partial charge in [-0.2, -0.15) is 5.10 Å². The average Bonchev–Trinajstić information content (AvgIpc) is 3.07. The van der Waals surface area contributed by atoms with Gasteiger partial charge in [-0.15, -0.1) is 0 Å². The Bertz CT molecular complexity index is 629. The van der Waals surface area contributed by atoms with E-state index in [0.717, 1.165) is 13.0 Å². The summed E-state index contributed by atoms with van der Waals surface area (Å²) in [4.78, 5) is 0. The summed E-state index contributed by atoms with van der Waals surface area (Å²) >= 11 is 3.78. The number of hydrogen-bond donors (Lipinski definition) is 0. The van der Waals surface area contributed by atoms with E-state index in [1.165, 1.54) is 58.6 Å². The van der Waals surface area contributed by atoms with Crippen LogP contribution in [0.1, 0.15) is 43.0 Å². The molecule has 0 radical (unpaired) electrons. The summed E-state index contributed by atoms with van der Waals surface area (Å²) in [6.45, 7) is 0.859. The van der Waals surface area contributed by atoms with E-state index in [2.05, 4.69) is 31.8 Å². The normalized spacial score (nSPS) is 22.9. The second-order valence-corrected chi connectivity index (χ2v) is 6.32. The molecule has 2 aromatic rings. The third-order valence-corrected chi connectivity index (χ3v) is 5.24. The van der Waals surface area contributed by atoms with Crippen molar-refractivity contribution >= 4 is 26.8 Å². The first-order valence-electron chi connectivity index (χ1n) is 7.13. The maximum atomic E-state index is 5.87. The third-order valence-electron chi connectivity index (χ3n) is 4.34. The molecule has 0 saturated carbocycles. The first kappa shape index (κ1) is 11.9. The van der Waals surface area contributed by atoms with Crippen molar-refractivity contribution < 1.29 is 4.74 Å². The van der Waals surface area contributed by atoms with Crippen LogP contribution in [-0.4, -0.2) is 16.4 Å². The van der Waals surface area contributed by atoms with Crippen LogP contribution in [0.2, 0.25) is 0 Å². The van der Waals surface area contributed by atoms with Crippen molar-refractivity contribution in [3.8, 4) is 0 Å². The minimum Gasteiger partial charge on any atom is -0.356 e. The minimum absolute atomic E-state index is 0.123. The fourth-order valence-corrected chi connectivity index (χ4v) is 4.09. The number of ether oxygens (including phenoxy) is 1. The highest BCUT2D eigenvalue weighted by Crippen LogP contribution is 2.37. The standard InChI is InChI=1S/C15H17BrN2O/c16-15-11-5-3-4-10(11)8-13-12(15)9-17-18(13)14-6-1-2-7-19-14/h8-9,14H,1-7H2. The Morgan fingerprint density at radius 1 is 1.26 bits per heavy atom. The highest BCUT2D eigenvalue weighted by atomic mass is 79.9. The molecule has 0 amide bonds. The molecule has 0 bridgehead atoms. The van der Waals surface area contributed by atoms with Gasteiger partial charge in [0.15, 0.2) is 6.23 Å². The van der Waals surface area contributed by atoms with Crippen molar-refractivity contribution in [1.82, 2.24) is 9.78 Å². The molecule has 0 spiro atoms. The Kier molecular flexibility index (Phi) is 2.88. The summed E-state index contributed by atoms with van der Waals surface area (Å²) in [6, 6.07) is 2.33. The number of aryl methyl sites for hydroxylation is 1. The third kappa shape index (κ3) is 1.84. The van der Waals surface area contributed by atoms with E-state index in [1.54, 1.807) is 0 Å². The SMILES string of the molecule is Brc1c2c(cc3c1cnn3C1CCCCO1)CCC2. The summed E-state index contributed by atoms with van der Waals surface area (Å²) in [5, 5.41) is 5.81. The molecule has 1 aliphatic heterocycles. The highest BCUT2D eigenvalue weighted by Gasteiger charge is 2.22. The van der Waals surface area contributed by atoms with E-state index in [9.17, 15) is 0 Å². The van der Waals surface area contributed by atoms with Crippen molar-refractivity contribution in [2.45, 2.75) is 44.8 Å². The van der Waals surface area contributed by atoms with Gasteiger partial charge in [0.05, 0.1) is 11.7 Å². The number of benzene rings is 1. The van der Waals surface area contributed by atoms with Gasteiger partial charge in [0.1, 0.15) is 0 Å². The Hall–Kier alpha value is -0.870.